The number of nitrogens with zero attached hydrogens (tertiary/aromatic N) is 3. The highest BCUT2D eigenvalue weighted by molar-refractivity contribution is 5.90. The van der Waals surface area contributed by atoms with E-state index in [2.05, 4.69) is 15.7 Å². The number of nitrogens with one attached hydrogen (secondary N) is 2. The Morgan fingerprint density at radius 1 is 1.21 bits per heavy atom. The Labute approximate surface area is 161 Å². The highest BCUT2D eigenvalue weighted by Crippen LogP contribution is 2.28. The summed E-state index contributed by atoms with van der Waals surface area (Å²) in [4.78, 5) is 22.9. The van der Waals surface area contributed by atoms with Crippen molar-refractivity contribution >= 4 is 28.7 Å². The molecule has 1 amide bonds. The maximum absolute atomic E-state index is 12.2. The number of hydrogen-bond acceptors (Lipinski definition) is 6. The number of amides is 1. The van der Waals surface area contributed by atoms with Gasteiger partial charge in [-0.05, 0) is 42.8 Å². The summed E-state index contributed by atoms with van der Waals surface area (Å²) in [6.45, 7) is 1.79. The molecule has 0 bridgehead atoms. The fourth-order valence-electron chi connectivity index (χ4n) is 2.59. The van der Waals surface area contributed by atoms with Crippen molar-refractivity contribution < 1.29 is 14.5 Å². The molecule has 0 atom stereocenters. The predicted octanol–water partition coefficient (Wildman–Crippen LogP) is 3.49. The van der Waals surface area contributed by atoms with Crippen LogP contribution < -0.4 is 15.4 Å². The van der Waals surface area contributed by atoms with Crippen molar-refractivity contribution in [1.29, 1.82) is 0 Å². The van der Waals surface area contributed by atoms with Gasteiger partial charge in [-0.25, -0.2) is 0 Å². The molecule has 0 radical (unpaired) electrons. The van der Waals surface area contributed by atoms with Crippen LogP contribution in [0.5, 0.6) is 5.75 Å². The van der Waals surface area contributed by atoms with Gasteiger partial charge in [-0.15, -0.1) is 0 Å². The van der Waals surface area contributed by atoms with Crippen molar-refractivity contribution in [1.82, 2.24) is 9.78 Å². The van der Waals surface area contributed by atoms with Crippen LogP contribution in [0.3, 0.4) is 0 Å². The van der Waals surface area contributed by atoms with Crippen LogP contribution in [0.15, 0.2) is 54.9 Å². The summed E-state index contributed by atoms with van der Waals surface area (Å²) in [6, 6.07) is 11.9. The van der Waals surface area contributed by atoms with Crippen molar-refractivity contribution in [2.75, 3.05) is 17.7 Å². The molecular weight excluding hydrogens is 362 g/mol. The molecule has 0 spiro atoms. The van der Waals surface area contributed by atoms with Gasteiger partial charge in [-0.2, -0.15) is 5.10 Å². The zero-order valence-corrected chi connectivity index (χ0v) is 15.4. The molecule has 0 fully saturated rings. The predicted molar refractivity (Wildman–Crippen MR) is 105 cm³/mol. The number of aromatic nitrogens is 2. The Hall–Kier alpha value is -3.88. The van der Waals surface area contributed by atoms with Crippen LogP contribution in [0, 0.1) is 17.0 Å². The minimum atomic E-state index is -0.442. The zero-order chi connectivity index (χ0) is 20.1. The summed E-state index contributed by atoms with van der Waals surface area (Å²) in [5.74, 6) is 0.451. The Kier molecular flexibility index (Phi) is 5.54. The highest BCUT2D eigenvalue weighted by Gasteiger charge is 2.14. The number of anilines is 3. The zero-order valence-electron chi connectivity index (χ0n) is 15.4. The number of nitro benzene ring substituents is 1. The lowest BCUT2D eigenvalue weighted by Crippen LogP contribution is -2.18. The summed E-state index contributed by atoms with van der Waals surface area (Å²) < 4.78 is 6.52. The molecule has 0 aliphatic carbocycles. The van der Waals surface area contributed by atoms with Crippen LogP contribution in [0.2, 0.25) is 0 Å². The third kappa shape index (κ3) is 4.64. The van der Waals surface area contributed by atoms with Gasteiger partial charge in [0.25, 0.3) is 5.69 Å². The number of ether oxygens (including phenoxy) is 1. The summed E-state index contributed by atoms with van der Waals surface area (Å²) in [5, 5.41) is 21.1. The quantitative estimate of drug-likeness (QED) is 0.479. The molecule has 0 unspecified atom stereocenters. The third-order valence-electron chi connectivity index (χ3n) is 3.94. The van der Waals surface area contributed by atoms with Crippen LogP contribution in [-0.4, -0.2) is 27.7 Å². The van der Waals surface area contributed by atoms with Crippen LogP contribution in [0.1, 0.15) is 5.56 Å². The first-order valence-electron chi connectivity index (χ1n) is 8.43. The maximum atomic E-state index is 12.2. The van der Waals surface area contributed by atoms with Gasteiger partial charge >= 0.3 is 0 Å². The Morgan fingerprint density at radius 3 is 2.64 bits per heavy atom. The molecule has 0 aliphatic rings. The van der Waals surface area contributed by atoms with Gasteiger partial charge in [-0.3, -0.25) is 19.6 Å². The molecule has 0 saturated carbocycles. The van der Waals surface area contributed by atoms with Gasteiger partial charge < -0.3 is 15.4 Å². The molecule has 2 N–H and O–H groups in total. The fourth-order valence-corrected chi connectivity index (χ4v) is 2.59. The molecule has 1 aromatic heterocycles. The van der Waals surface area contributed by atoms with E-state index in [4.69, 9.17) is 4.74 Å². The van der Waals surface area contributed by atoms with E-state index in [9.17, 15) is 14.9 Å². The minimum Gasteiger partial charge on any atom is -0.497 e. The Bertz CT molecular complexity index is 998. The van der Waals surface area contributed by atoms with E-state index in [1.54, 1.807) is 56.6 Å². The van der Waals surface area contributed by atoms with E-state index in [-0.39, 0.29) is 18.1 Å². The molecular formula is C19H19N5O4. The molecule has 3 rings (SSSR count). The van der Waals surface area contributed by atoms with E-state index in [0.29, 0.717) is 22.8 Å². The number of carbonyl (C=O) groups excluding carboxylic acids is 1. The van der Waals surface area contributed by atoms with Crippen molar-refractivity contribution in [3.63, 3.8) is 0 Å². The number of hydrogen-bond donors (Lipinski definition) is 2. The van der Waals surface area contributed by atoms with Crippen LogP contribution >= 0.6 is 0 Å². The van der Waals surface area contributed by atoms with Gasteiger partial charge in [0, 0.05) is 18.0 Å². The first-order chi connectivity index (χ1) is 13.4. The van der Waals surface area contributed by atoms with Gasteiger partial charge in [0.2, 0.25) is 5.91 Å². The van der Waals surface area contributed by atoms with Crippen LogP contribution in [-0.2, 0) is 11.3 Å². The second kappa shape index (κ2) is 8.21. The average Bonchev–Trinajstić information content (AvgIpc) is 3.10. The first kappa shape index (κ1) is 18.9. The number of rotatable bonds is 7. The smallest absolute Gasteiger partial charge is 0.292 e. The highest BCUT2D eigenvalue weighted by atomic mass is 16.6. The molecule has 0 aliphatic heterocycles. The summed E-state index contributed by atoms with van der Waals surface area (Å²) in [6.07, 6.45) is 3.11. The molecule has 3 aromatic rings. The standard InChI is InChI=1S/C19H19N5O4/c1-13-3-8-17(18(9-13)24(26)27)21-15-10-20-23(11-15)12-19(25)22-14-4-6-16(28-2)7-5-14/h3-11,21H,12H2,1-2H3,(H,22,25). The molecule has 28 heavy (non-hydrogen) atoms. The first-order valence-corrected chi connectivity index (χ1v) is 8.43. The van der Waals surface area contributed by atoms with Crippen molar-refractivity contribution in [3.8, 4) is 5.75 Å². The third-order valence-corrected chi connectivity index (χ3v) is 3.94. The monoisotopic (exact) mass is 381 g/mol. The van der Waals surface area contributed by atoms with Crippen molar-refractivity contribution in [3.05, 3.63) is 70.5 Å². The lowest BCUT2D eigenvalue weighted by atomic mass is 10.2. The molecule has 9 heteroatoms. The fraction of sp³-hybridized carbons (Fsp3) is 0.158. The Morgan fingerprint density at radius 2 is 1.96 bits per heavy atom. The van der Waals surface area contributed by atoms with Gasteiger partial charge in [0.05, 0.1) is 23.9 Å². The van der Waals surface area contributed by atoms with Gasteiger partial charge in [-0.1, -0.05) is 6.07 Å². The van der Waals surface area contributed by atoms with Crippen molar-refractivity contribution in [2.24, 2.45) is 0 Å². The van der Waals surface area contributed by atoms with Crippen molar-refractivity contribution in [2.45, 2.75) is 13.5 Å². The van der Waals surface area contributed by atoms with E-state index >= 15 is 0 Å². The summed E-state index contributed by atoms with van der Waals surface area (Å²) >= 11 is 0. The lowest BCUT2D eigenvalue weighted by Gasteiger charge is -2.07. The molecule has 0 saturated heterocycles. The SMILES string of the molecule is COc1ccc(NC(=O)Cn2cc(Nc3ccc(C)cc3[N+](=O)[O-])cn2)cc1. The van der Waals surface area contributed by atoms with E-state index in [1.165, 1.54) is 16.9 Å². The number of carbonyl (C=O) groups is 1. The lowest BCUT2D eigenvalue weighted by molar-refractivity contribution is -0.384. The number of benzene rings is 2. The van der Waals surface area contributed by atoms with Gasteiger partial charge in [0.15, 0.2) is 0 Å². The second-order valence-corrected chi connectivity index (χ2v) is 6.11. The topological polar surface area (TPSA) is 111 Å². The molecule has 2 aromatic carbocycles. The van der Waals surface area contributed by atoms with Gasteiger partial charge in [0.1, 0.15) is 18.0 Å². The van der Waals surface area contributed by atoms with Crippen LogP contribution in [0.4, 0.5) is 22.7 Å². The van der Waals surface area contributed by atoms with E-state index in [0.717, 1.165) is 5.56 Å². The largest absolute Gasteiger partial charge is 0.497 e. The molecule has 9 nitrogen and oxygen atoms in total. The summed E-state index contributed by atoms with van der Waals surface area (Å²) in [5.41, 5.74) is 2.32. The minimum absolute atomic E-state index is 0.00367. The normalized spacial score (nSPS) is 10.4. The number of methoxy groups -OCH3 is 1. The average molecular weight is 381 g/mol. The molecule has 1 heterocycles. The summed E-state index contributed by atoms with van der Waals surface area (Å²) in [7, 11) is 1.57. The van der Waals surface area contributed by atoms with E-state index < -0.39 is 4.92 Å². The maximum Gasteiger partial charge on any atom is 0.292 e. The molecule has 144 valence electrons. The second-order valence-electron chi connectivity index (χ2n) is 6.11. The Balaban J connectivity index is 1.64. The number of nitro groups is 1. The number of aryl methyl sites for hydroxylation is 1. The van der Waals surface area contributed by atoms with E-state index in [1.807, 2.05) is 0 Å². The van der Waals surface area contributed by atoms with Crippen LogP contribution in [0.25, 0.3) is 0 Å².